The summed E-state index contributed by atoms with van der Waals surface area (Å²) in [5, 5.41) is 5.03. The van der Waals surface area contributed by atoms with Gasteiger partial charge in [0.25, 0.3) is 5.91 Å². The number of hydrogen-bond donors (Lipinski definition) is 1. The molecule has 0 aliphatic carbocycles. The van der Waals surface area contributed by atoms with Crippen molar-refractivity contribution in [3.63, 3.8) is 0 Å². The van der Waals surface area contributed by atoms with Crippen LogP contribution in [0, 0.1) is 5.92 Å². The van der Waals surface area contributed by atoms with Crippen molar-refractivity contribution >= 4 is 28.6 Å². The van der Waals surface area contributed by atoms with Crippen molar-refractivity contribution in [1.82, 2.24) is 4.57 Å². The van der Waals surface area contributed by atoms with E-state index in [2.05, 4.69) is 29.1 Å². The highest BCUT2D eigenvalue weighted by Gasteiger charge is 2.18. The van der Waals surface area contributed by atoms with Crippen LogP contribution in [0.25, 0.3) is 11.3 Å². The summed E-state index contributed by atoms with van der Waals surface area (Å²) in [4.78, 5) is 17.5. The molecule has 1 aromatic heterocycles. The van der Waals surface area contributed by atoms with E-state index < -0.39 is 0 Å². The topological polar surface area (TPSA) is 55.6 Å². The van der Waals surface area contributed by atoms with Crippen molar-refractivity contribution in [2.75, 3.05) is 11.9 Å². The SMILES string of the molecule is CC(C)CCn1c(-c2ccc3c(c2)NC(=O)CO3)csc1=Nc1ccccc1. The standard InChI is InChI=1S/C22H23N3O2S/c1-15(2)10-11-25-19(14-28-22(25)23-17-6-4-3-5-7-17)16-8-9-20-18(12-16)24-21(26)13-27-20/h3-9,12,14-15H,10-11,13H2,1-2H3,(H,24,26). The highest BCUT2D eigenvalue weighted by molar-refractivity contribution is 7.07. The summed E-state index contributed by atoms with van der Waals surface area (Å²) in [6.45, 7) is 5.42. The Morgan fingerprint density at radius 2 is 2.04 bits per heavy atom. The van der Waals surface area contributed by atoms with Crippen molar-refractivity contribution in [3.05, 3.63) is 58.7 Å². The molecule has 0 atom stereocenters. The molecule has 28 heavy (non-hydrogen) atoms. The molecule has 1 amide bonds. The van der Waals surface area contributed by atoms with Crippen molar-refractivity contribution in [1.29, 1.82) is 0 Å². The first-order chi connectivity index (χ1) is 13.6. The number of benzene rings is 2. The van der Waals surface area contributed by atoms with Gasteiger partial charge in [0.15, 0.2) is 11.4 Å². The van der Waals surface area contributed by atoms with Crippen LogP contribution in [0.3, 0.4) is 0 Å². The Hall–Kier alpha value is -2.86. The molecular weight excluding hydrogens is 370 g/mol. The average Bonchev–Trinajstić information content (AvgIpc) is 3.09. The second-order valence-corrected chi connectivity index (χ2v) is 8.07. The maximum atomic E-state index is 11.7. The Kier molecular flexibility index (Phi) is 5.30. The summed E-state index contributed by atoms with van der Waals surface area (Å²) in [5.41, 5.74) is 3.80. The molecule has 6 heteroatoms. The Balaban J connectivity index is 1.78. The lowest BCUT2D eigenvalue weighted by Gasteiger charge is -2.19. The predicted octanol–water partition coefficient (Wildman–Crippen LogP) is 4.83. The molecule has 0 saturated carbocycles. The summed E-state index contributed by atoms with van der Waals surface area (Å²) in [5.74, 6) is 1.19. The minimum Gasteiger partial charge on any atom is -0.482 e. The van der Waals surface area contributed by atoms with Gasteiger partial charge >= 0.3 is 0 Å². The summed E-state index contributed by atoms with van der Waals surface area (Å²) in [6, 6.07) is 16.0. The number of nitrogens with one attached hydrogen (secondary N) is 1. The van der Waals surface area contributed by atoms with Crippen LogP contribution in [0.1, 0.15) is 20.3 Å². The van der Waals surface area contributed by atoms with Crippen LogP contribution in [-0.4, -0.2) is 17.1 Å². The van der Waals surface area contributed by atoms with Crippen molar-refractivity contribution in [3.8, 4) is 17.0 Å². The van der Waals surface area contributed by atoms with Gasteiger partial charge in [-0.1, -0.05) is 32.0 Å². The number of amides is 1. The fourth-order valence-corrected chi connectivity index (χ4v) is 4.06. The lowest BCUT2D eigenvalue weighted by molar-refractivity contribution is -0.118. The molecule has 0 spiro atoms. The molecule has 5 nitrogen and oxygen atoms in total. The largest absolute Gasteiger partial charge is 0.482 e. The maximum absolute atomic E-state index is 11.7. The highest BCUT2D eigenvalue weighted by atomic mass is 32.1. The van der Waals surface area contributed by atoms with Crippen LogP contribution >= 0.6 is 11.3 Å². The number of para-hydroxylation sites is 1. The second kappa shape index (κ2) is 8.02. The number of nitrogens with zero attached hydrogens (tertiary/aromatic N) is 2. The van der Waals surface area contributed by atoms with Gasteiger partial charge in [-0.05, 0) is 42.7 Å². The van der Waals surface area contributed by atoms with E-state index in [4.69, 9.17) is 9.73 Å². The van der Waals surface area contributed by atoms with E-state index in [1.807, 2.05) is 48.5 Å². The quantitative estimate of drug-likeness (QED) is 0.675. The first kappa shape index (κ1) is 18.5. The van der Waals surface area contributed by atoms with Gasteiger partial charge in [0.05, 0.1) is 17.1 Å². The lowest BCUT2D eigenvalue weighted by atomic mass is 10.1. The van der Waals surface area contributed by atoms with E-state index in [0.717, 1.165) is 40.4 Å². The molecule has 1 N–H and O–H groups in total. The van der Waals surface area contributed by atoms with Crippen LogP contribution < -0.4 is 14.9 Å². The summed E-state index contributed by atoms with van der Waals surface area (Å²) >= 11 is 1.63. The van der Waals surface area contributed by atoms with E-state index in [0.29, 0.717) is 11.7 Å². The first-order valence-electron chi connectivity index (χ1n) is 9.45. The number of ether oxygens (including phenoxy) is 1. The van der Waals surface area contributed by atoms with Crippen LogP contribution in [0.2, 0.25) is 0 Å². The van der Waals surface area contributed by atoms with Crippen molar-refractivity contribution < 1.29 is 9.53 Å². The van der Waals surface area contributed by atoms with Crippen molar-refractivity contribution in [2.24, 2.45) is 10.9 Å². The Morgan fingerprint density at radius 1 is 1.21 bits per heavy atom. The Morgan fingerprint density at radius 3 is 2.82 bits per heavy atom. The van der Waals surface area contributed by atoms with E-state index in [9.17, 15) is 4.79 Å². The third-order valence-electron chi connectivity index (χ3n) is 4.62. The normalized spacial score (nSPS) is 14.0. The van der Waals surface area contributed by atoms with Gasteiger partial charge in [-0.3, -0.25) is 4.79 Å². The van der Waals surface area contributed by atoms with Gasteiger partial charge in [-0.15, -0.1) is 11.3 Å². The fraction of sp³-hybridized carbons (Fsp3) is 0.273. The fourth-order valence-electron chi connectivity index (χ4n) is 3.11. The predicted molar refractivity (Wildman–Crippen MR) is 113 cm³/mol. The van der Waals surface area contributed by atoms with Gasteiger partial charge in [0.2, 0.25) is 0 Å². The van der Waals surface area contributed by atoms with Crippen LogP contribution in [0.15, 0.2) is 58.9 Å². The molecule has 3 aromatic rings. The molecule has 4 rings (SSSR count). The maximum Gasteiger partial charge on any atom is 0.262 e. The molecule has 2 heterocycles. The van der Waals surface area contributed by atoms with Crippen molar-refractivity contribution in [2.45, 2.75) is 26.8 Å². The van der Waals surface area contributed by atoms with Gasteiger partial charge in [0, 0.05) is 17.5 Å². The zero-order chi connectivity index (χ0) is 19.5. The van der Waals surface area contributed by atoms with Gasteiger partial charge in [-0.25, -0.2) is 4.99 Å². The monoisotopic (exact) mass is 393 g/mol. The molecule has 0 unspecified atom stereocenters. The summed E-state index contributed by atoms with van der Waals surface area (Å²) in [6.07, 6.45) is 1.07. The number of thiazole rings is 1. The lowest BCUT2D eigenvalue weighted by Crippen LogP contribution is -2.25. The Labute approximate surface area is 168 Å². The molecule has 1 aliphatic rings. The number of carbonyl (C=O) groups is 1. The molecule has 144 valence electrons. The first-order valence-corrected chi connectivity index (χ1v) is 10.3. The van der Waals surface area contributed by atoms with E-state index >= 15 is 0 Å². The second-order valence-electron chi connectivity index (χ2n) is 7.23. The minimum atomic E-state index is -0.123. The number of anilines is 1. The number of fused-ring (bicyclic) bond motifs is 1. The Bertz CT molecular complexity index is 1050. The number of carbonyl (C=O) groups excluding carboxylic acids is 1. The molecule has 0 saturated heterocycles. The highest BCUT2D eigenvalue weighted by Crippen LogP contribution is 2.33. The van der Waals surface area contributed by atoms with Gasteiger partial charge in [0.1, 0.15) is 5.75 Å². The molecule has 1 aliphatic heterocycles. The number of rotatable bonds is 5. The average molecular weight is 394 g/mol. The number of aromatic nitrogens is 1. The number of hydrogen-bond acceptors (Lipinski definition) is 4. The van der Waals surface area contributed by atoms with E-state index in [1.54, 1.807) is 11.3 Å². The van der Waals surface area contributed by atoms with Crippen LogP contribution in [0.4, 0.5) is 11.4 Å². The third-order valence-corrected chi connectivity index (χ3v) is 5.48. The van der Waals surface area contributed by atoms with Gasteiger partial charge in [-0.2, -0.15) is 0 Å². The molecular formula is C22H23N3O2S. The van der Waals surface area contributed by atoms with E-state index in [1.165, 1.54) is 0 Å². The molecule has 0 bridgehead atoms. The van der Waals surface area contributed by atoms with Gasteiger partial charge < -0.3 is 14.6 Å². The zero-order valence-electron chi connectivity index (χ0n) is 16.0. The van der Waals surface area contributed by atoms with Crippen LogP contribution in [-0.2, 0) is 11.3 Å². The molecule has 2 aromatic carbocycles. The van der Waals surface area contributed by atoms with E-state index in [-0.39, 0.29) is 12.5 Å². The smallest absolute Gasteiger partial charge is 0.262 e. The third kappa shape index (κ3) is 4.02. The minimum absolute atomic E-state index is 0.0687. The summed E-state index contributed by atoms with van der Waals surface area (Å²) < 4.78 is 7.75. The zero-order valence-corrected chi connectivity index (χ0v) is 16.8. The molecule has 0 fully saturated rings. The molecule has 0 radical (unpaired) electrons. The van der Waals surface area contributed by atoms with Crippen LogP contribution in [0.5, 0.6) is 5.75 Å². The summed E-state index contributed by atoms with van der Waals surface area (Å²) in [7, 11) is 0.